The van der Waals surface area contributed by atoms with Gasteiger partial charge in [-0.3, -0.25) is 4.79 Å². The molecule has 2 N–H and O–H groups in total. The maximum absolute atomic E-state index is 13.7. The second-order valence-corrected chi connectivity index (χ2v) is 9.40. The molecule has 3 heterocycles. The topological polar surface area (TPSA) is 111 Å². The van der Waals surface area contributed by atoms with Gasteiger partial charge in [-0.2, -0.15) is 4.98 Å². The number of amides is 1. The fraction of sp³-hybridized carbons (Fsp3) is 0.462. The van der Waals surface area contributed by atoms with Crippen molar-refractivity contribution in [1.29, 1.82) is 0 Å². The van der Waals surface area contributed by atoms with E-state index in [-0.39, 0.29) is 35.5 Å². The molecule has 2 fully saturated rings. The van der Waals surface area contributed by atoms with Gasteiger partial charge < -0.3 is 24.5 Å². The average Bonchev–Trinajstić information content (AvgIpc) is 3.36. The summed E-state index contributed by atoms with van der Waals surface area (Å²) in [6, 6.07) is 7.90. The lowest BCUT2D eigenvalue weighted by molar-refractivity contribution is -0.278. The lowest BCUT2D eigenvalue weighted by Gasteiger charge is -2.37. The number of hydrogen-bond acceptors (Lipinski definition) is 7. The highest BCUT2D eigenvalue weighted by Gasteiger charge is 2.50. The van der Waals surface area contributed by atoms with Crippen LogP contribution in [0.5, 0.6) is 6.01 Å². The third-order valence-corrected chi connectivity index (χ3v) is 6.59. The van der Waals surface area contributed by atoms with E-state index in [1.54, 1.807) is 24.4 Å². The number of hydrogen-bond donors (Lipinski definition) is 2. The van der Waals surface area contributed by atoms with Gasteiger partial charge in [0.25, 0.3) is 5.91 Å². The first-order chi connectivity index (χ1) is 17.5. The monoisotopic (exact) mass is 495 g/mol. The van der Waals surface area contributed by atoms with Gasteiger partial charge in [0.2, 0.25) is 0 Å². The van der Waals surface area contributed by atoms with Crippen molar-refractivity contribution in [3.8, 4) is 28.7 Å². The molecular formula is C26H30FN5O4. The summed E-state index contributed by atoms with van der Waals surface area (Å²) in [4.78, 5) is 30.3. The molecule has 0 bridgehead atoms. The number of aromatic amines is 1. The Hall–Kier alpha value is -3.37. The number of nitrogens with one attached hydrogen (secondary N) is 2. The Labute approximate surface area is 208 Å². The van der Waals surface area contributed by atoms with Gasteiger partial charge in [0.05, 0.1) is 37.4 Å². The minimum atomic E-state index is -1.74. The number of H-pyrrole nitrogens is 1. The van der Waals surface area contributed by atoms with Crippen molar-refractivity contribution < 1.29 is 23.4 Å². The van der Waals surface area contributed by atoms with E-state index in [9.17, 15) is 9.18 Å². The van der Waals surface area contributed by atoms with Crippen LogP contribution >= 0.6 is 0 Å². The number of imidazole rings is 1. The van der Waals surface area contributed by atoms with Crippen LogP contribution in [-0.2, 0) is 20.1 Å². The molecule has 3 aromatic rings. The van der Waals surface area contributed by atoms with Crippen LogP contribution in [0.4, 0.5) is 4.39 Å². The van der Waals surface area contributed by atoms with E-state index >= 15 is 0 Å². The molecule has 1 amide bonds. The summed E-state index contributed by atoms with van der Waals surface area (Å²) < 4.78 is 31.1. The predicted octanol–water partition coefficient (Wildman–Crippen LogP) is 3.97. The molecule has 5 rings (SSSR count). The van der Waals surface area contributed by atoms with Crippen LogP contribution < -0.4 is 10.1 Å². The Bertz CT molecular complexity index is 1200. The molecule has 36 heavy (non-hydrogen) atoms. The minimum Gasteiger partial charge on any atom is -0.467 e. The predicted molar refractivity (Wildman–Crippen MR) is 129 cm³/mol. The van der Waals surface area contributed by atoms with Gasteiger partial charge in [-0.05, 0) is 43.2 Å². The Kier molecular flexibility index (Phi) is 6.97. The van der Waals surface area contributed by atoms with Gasteiger partial charge >= 0.3 is 11.8 Å². The minimum absolute atomic E-state index is 0.0619. The van der Waals surface area contributed by atoms with Crippen molar-refractivity contribution in [2.75, 3.05) is 20.3 Å². The van der Waals surface area contributed by atoms with Crippen LogP contribution in [0.3, 0.4) is 0 Å². The number of halogens is 1. The Balaban J connectivity index is 1.60. The van der Waals surface area contributed by atoms with Gasteiger partial charge in [0.15, 0.2) is 5.82 Å². The molecule has 1 saturated carbocycles. The van der Waals surface area contributed by atoms with Crippen molar-refractivity contribution in [2.45, 2.75) is 50.9 Å². The van der Waals surface area contributed by atoms with Gasteiger partial charge in [-0.25, -0.2) is 14.4 Å². The molecule has 0 unspecified atom stereocenters. The molecule has 0 spiro atoms. The highest BCUT2D eigenvalue weighted by Crippen LogP contribution is 2.37. The zero-order valence-corrected chi connectivity index (χ0v) is 20.4. The molecule has 1 aromatic carbocycles. The number of carbonyl (C=O) groups is 1. The first-order valence-electron chi connectivity index (χ1n) is 12.3. The van der Waals surface area contributed by atoms with E-state index in [0.29, 0.717) is 35.9 Å². The van der Waals surface area contributed by atoms with E-state index < -0.39 is 5.79 Å². The summed E-state index contributed by atoms with van der Waals surface area (Å²) in [5, 5.41) is 3.13. The molecule has 1 aliphatic carbocycles. The Morgan fingerprint density at radius 1 is 1.11 bits per heavy atom. The SMILES string of the molecule is COc1nccc(-c2[nH]c(C3(C(=O)NC4CCCCC4)OCC(C)CO3)nc2-c2ccc(F)cc2)n1. The number of benzene rings is 1. The second kappa shape index (κ2) is 10.3. The van der Waals surface area contributed by atoms with Crippen LogP contribution in [-0.4, -0.2) is 52.2 Å². The highest BCUT2D eigenvalue weighted by molar-refractivity contribution is 5.86. The van der Waals surface area contributed by atoms with Gasteiger partial charge in [0, 0.05) is 23.7 Å². The van der Waals surface area contributed by atoms with Crippen LogP contribution in [0.15, 0.2) is 36.5 Å². The number of methoxy groups -OCH3 is 1. The Morgan fingerprint density at radius 3 is 2.53 bits per heavy atom. The van der Waals surface area contributed by atoms with Crippen molar-refractivity contribution in [1.82, 2.24) is 25.3 Å². The normalized spacial score (nSPS) is 22.8. The summed E-state index contributed by atoms with van der Waals surface area (Å²) >= 11 is 0. The fourth-order valence-corrected chi connectivity index (χ4v) is 4.62. The van der Waals surface area contributed by atoms with E-state index in [1.165, 1.54) is 25.7 Å². The van der Waals surface area contributed by atoms with E-state index in [2.05, 4.69) is 20.3 Å². The summed E-state index contributed by atoms with van der Waals surface area (Å²) in [6.45, 7) is 2.66. The van der Waals surface area contributed by atoms with Crippen molar-refractivity contribution in [2.24, 2.45) is 5.92 Å². The summed E-state index contributed by atoms with van der Waals surface area (Å²) in [7, 11) is 1.48. The van der Waals surface area contributed by atoms with Crippen LogP contribution in [0.2, 0.25) is 0 Å². The number of ether oxygens (including phenoxy) is 3. The maximum Gasteiger partial charge on any atom is 0.316 e. The molecular weight excluding hydrogens is 465 g/mol. The zero-order valence-electron chi connectivity index (χ0n) is 20.4. The first-order valence-corrected chi connectivity index (χ1v) is 12.3. The largest absolute Gasteiger partial charge is 0.467 e. The summed E-state index contributed by atoms with van der Waals surface area (Å²) in [5.41, 5.74) is 2.11. The number of aromatic nitrogens is 4. The average molecular weight is 496 g/mol. The molecule has 0 atom stereocenters. The van der Waals surface area contributed by atoms with E-state index in [4.69, 9.17) is 19.2 Å². The van der Waals surface area contributed by atoms with E-state index in [0.717, 1.165) is 25.7 Å². The van der Waals surface area contributed by atoms with Gasteiger partial charge in [-0.15, -0.1) is 0 Å². The molecule has 9 nitrogen and oxygen atoms in total. The zero-order chi connectivity index (χ0) is 25.1. The fourth-order valence-electron chi connectivity index (χ4n) is 4.62. The number of rotatable bonds is 6. The first kappa shape index (κ1) is 24.3. The number of carbonyl (C=O) groups excluding carboxylic acids is 1. The quantitative estimate of drug-likeness (QED) is 0.532. The van der Waals surface area contributed by atoms with Crippen molar-refractivity contribution >= 4 is 5.91 Å². The highest BCUT2D eigenvalue weighted by atomic mass is 19.1. The molecule has 1 saturated heterocycles. The molecule has 190 valence electrons. The molecule has 10 heteroatoms. The van der Waals surface area contributed by atoms with Crippen LogP contribution in [0, 0.1) is 11.7 Å². The van der Waals surface area contributed by atoms with E-state index in [1.807, 2.05) is 6.92 Å². The van der Waals surface area contributed by atoms with Crippen LogP contribution in [0.1, 0.15) is 44.9 Å². The van der Waals surface area contributed by atoms with Crippen molar-refractivity contribution in [3.05, 3.63) is 48.2 Å². The molecule has 2 aromatic heterocycles. The third-order valence-electron chi connectivity index (χ3n) is 6.59. The van der Waals surface area contributed by atoms with Crippen molar-refractivity contribution in [3.63, 3.8) is 0 Å². The second-order valence-electron chi connectivity index (χ2n) is 9.40. The standard InChI is InChI=1S/C26H30FN5O4/c1-16-14-35-26(36-15-16,24(33)29-19-6-4-3-5-7-19)23-31-21(17-8-10-18(27)11-9-17)22(32-23)20-12-13-28-25(30-20)34-2/h8-13,16,19H,3-7,14-15H2,1-2H3,(H,29,33)(H,31,32). The summed E-state index contributed by atoms with van der Waals surface area (Å²) in [6.07, 6.45) is 6.73. The molecule has 1 aliphatic heterocycles. The maximum atomic E-state index is 13.7. The smallest absolute Gasteiger partial charge is 0.316 e. The van der Waals surface area contributed by atoms with Gasteiger partial charge in [-0.1, -0.05) is 26.2 Å². The lowest BCUT2D eigenvalue weighted by Crippen LogP contribution is -2.55. The lowest BCUT2D eigenvalue weighted by atomic mass is 9.95. The number of nitrogens with zero attached hydrogens (tertiary/aromatic N) is 3. The molecule has 2 aliphatic rings. The summed E-state index contributed by atoms with van der Waals surface area (Å²) in [5.74, 6) is -2.16. The molecule has 0 radical (unpaired) electrons. The van der Waals surface area contributed by atoms with Crippen LogP contribution in [0.25, 0.3) is 22.6 Å². The van der Waals surface area contributed by atoms with Gasteiger partial charge in [0.1, 0.15) is 5.82 Å². The third kappa shape index (κ3) is 4.83. The Morgan fingerprint density at radius 2 is 1.83 bits per heavy atom.